The lowest BCUT2D eigenvalue weighted by Gasteiger charge is -2.18. The van der Waals surface area contributed by atoms with Gasteiger partial charge in [0.15, 0.2) is 0 Å². The quantitative estimate of drug-likeness (QED) is 0.658. The van der Waals surface area contributed by atoms with E-state index >= 15 is 0 Å². The van der Waals surface area contributed by atoms with Crippen molar-refractivity contribution in [3.05, 3.63) is 35.9 Å². The van der Waals surface area contributed by atoms with Gasteiger partial charge in [-0.15, -0.1) is 0 Å². The molecule has 0 saturated heterocycles. The number of halogens is 1. The molecule has 2 atom stereocenters. The second-order valence-electron chi connectivity index (χ2n) is 4.46. The van der Waals surface area contributed by atoms with Crippen molar-refractivity contribution in [1.82, 2.24) is 0 Å². The standard InChI is InChI=1S/C14H21Br/c1-3-12(2)9-14(11-15)10-13-7-5-4-6-8-13/h4-8,12,14H,3,9-11H2,1-2H3. The van der Waals surface area contributed by atoms with Crippen molar-refractivity contribution in [1.29, 1.82) is 0 Å². The lowest BCUT2D eigenvalue weighted by molar-refractivity contribution is 0.410. The third-order valence-electron chi connectivity index (χ3n) is 3.02. The third kappa shape index (κ3) is 4.83. The smallest absolute Gasteiger partial charge is 0.00629 e. The molecule has 1 aromatic carbocycles. The molecule has 0 aromatic heterocycles. The average Bonchev–Trinajstić information content (AvgIpc) is 2.29. The Morgan fingerprint density at radius 1 is 1.20 bits per heavy atom. The minimum atomic E-state index is 0.780. The Morgan fingerprint density at radius 3 is 2.40 bits per heavy atom. The van der Waals surface area contributed by atoms with Crippen LogP contribution in [0.3, 0.4) is 0 Å². The summed E-state index contributed by atoms with van der Waals surface area (Å²) in [6.45, 7) is 4.62. The van der Waals surface area contributed by atoms with E-state index in [9.17, 15) is 0 Å². The van der Waals surface area contributed by atoms with E-state index in [0.29, 0.717) is 0 Å². The van der Waals surface area contributed by atoms with Crippen LogP contribution in [0.1, 0.15) is 32.3 Å². The molecule has 0 aliphatic carbocycles. The minimum Gasteiger partial charge on any atom is -0.0925 e. The van der Waals surface area contributed by atoms with E-state index in [2.05, 4.69) is 60.1 Å². The summed E-state index contributed by atoms with van der Waals surface area (Å²) in [5.74, 6) is 1.62. The maximum Gasteiger partial charge on any atom is 0.00629 e. The molecule has 0 saturated carbocycles. The van der Waals surface area contributed by atoms with E-state index in [0.717, 1.165) is 17.2 Å². The minimum absolute atomic E-state index is 0.780. The van der Waals surface area contributed by atoms with Gasteiger partial charge in [-0.05, 0) is 30.2 Å². The Hall–Kier alpha value is -0.300. The normalized spacial score (nSPS) is 14.9. The van der Waals surface area contributed by atoms with Gasteiger partial charge in [-0.2, -0.15) is 0 Å². The van der Waals surface area contributed by atoms with Gasteiger partial charge in [0.05, 0.1) is 0 Å². The summed E-state index contributed by atoms with van der Waals surface area (Å²) in [5, 5.41) is 1.12. The maximum atomic E-state index is 3.63. The second-order valence-corrected chi connectivity index (χ2v) is 5.11. The van der Waals surface area contributed by atoms with Gasteiger partial charge in [0.1, 0.15) is 0 Å². The molecule has 84 valence electrons. The molecule has 1 aromatic rings. The molecule has 2 unspecified atom stereocenters. The van der Waals surface area contributed by atoms with Crippen LogP contribution in [0, 0.1) is 11.8 Å². The fourth-order valence-corrected chi connectivity index (χ4v) is 2.38. The lowest BCUT2D eigenvalue weighted by Crippen LogP contribution is -2.10. The summed E-state index contributed by atoms with van der Waals surface area (Å²) < 4.78 is 0. The van der Waals surface area contributed by atoms with Gasteiger partial charge in [0, 0.05) is 5.33 Å². The molecule has 1 heteroatoms. The molecule has 0 fully saturated rings. The predicted molar refractivity (Wildman–Crippen MR) is 71.5 cm³/mol. The first kappa shape index (κ1) is 12.8. The van der Waals surface area contributed by atoms with Gasteiger partial charge < -0.3 is 0 Å². The summed E-state index contributed by atoms with van der Waals surface area (Å²) >= 11 is 3.63. The highest BCUT2D eigenvalue weighted by molar-refractivity contribution is 9.09. The summed E-state index contributed by atoms with van der Waals surface area (Å²) in [6.07, 6.45) is 3.82. The van der Waals surface area contributed by atoms with Gasteiger partial charge in [0.2, 0.25) is 0 Å². The van der Waals surface area contributed by atoms with E-state index in [4.69, 9.17) is 0 Å². The van der Waals surface area contributed by atoms with Crippen molar-refractivity contribution in [2.45, 2.75) is 33.1 Å². The van der Waals surface area contributed by atoms with Crippen molar-refractivity contribution < 1.29 is 0 Å². The predicted octanol–water partition coefficient (Wildman–Crippen LogP) is 4.68. The molecule has 0 spiro atoms. The fraction of sp³-hybridized carbons (Fsp3) is 0.571. The maximum absolute atomic E-state index is 3.63. The molecule has 1 rings (SSSR count). The number of hydrogen-bond acceptors (Lipinski definition) is 0. The highest BCUT2D eigenvalue weighted by Gasteiger charge is 2.11. The Kier molecular flexibility index (Phi) is 6.00. The van der Waals surface area contributed by atoms with Crippen LogP contribution in [0.15, 0.2) is 30.3 Å². The van der Waals surface area contributed by atoms with Crippen molar-refractivity contribution in [2.75, 3.05) is 5.33 Å². The number of rotatable bonds is 6. The monoisotopic (exact) mass is 268 g/mol. The van der Waals surface area contributed by atoms with E-state index in [1.165, 1.54) is 24.8 Å². The topological polar surface area (TPSA) is 0 Å². The van der Waals surface area contributed by atoms with Gasteiger partial charge in [0.25, 0.3) is 0 Å². The fourth-order valence-electron chi connectivity index (χ4n) is 1.88. The molecular formula is C14H21Br. The van der Waals surface area contributed by atoms with Crippen LogP contribution in [0.25, 0.3) is 0 Å². The van der Waals surface area contributed by atoms with Crippen molar-refractivity contribution >= 4 is 15.9 Å². The summed E-state index contributed by atoms with van der Waals surface area (Å²) in [4.78, 5) is 0. The molecule has 15 heavy (non-hydrogen) atoms. The second kappa shape index (κ2) is 7.05. The van der Waals surface area contributed by atoms with Gasteiger partial charge in [-0.1, -0.05) is 66.5 Å². The zero-order valence-electron chi connectivity index (χ0n) is 9.75. The van der Waals surface area contributed by atoms with E-state index in [-0.39, 0.29) is 0 Å². The van der Waals surface area contributed by atoms with Gasteiger partial charge in [-0.3, -0.25) is 0 Å². The molecule has 0 aliphatic heterocycles. The van der Waals surface area contributed by atoms with Gasteiger partial charge >= 0.3 is 0 Å². The molecule has 0 bridgehead atoms. The molecular weight excluding hydrogens is 248 g/mol. The zero-order valence-corrected chi connectivity index (χ0v) is 11.3. The highest BCUT2D eigenvalue weighted by atomic mass is 79.9. The largest absolute Gasteiger partial charge is 0.0925 e. The van der Waals surface area contributed by atoms with Crippen molar-refractivity contribution in [3.8, 4) is 0 Å². The van der Waals surface area contributed by atoms with Crippen molar-refractivity contribution in [2.24, 2.45) is 11.8 Å². The Labute approximate surface area is 102 Å². The summed E-state index contributed by atoms with van der Waals surface area (Å²) in [6, 6.07) is 10.8. The van der Waals surface area contributed by atoms with Gasteiger partial charge in [-0.25, -0.2) is 0 Å². The Morgan fingerprint density at radius 2 is 1.87 bits per heavy atom. The average molecular weight is 269 g/mol. The molecule has 0 nitrogen and oxygen atoms in total. The first-order valence-corrected chi connectivity index (χ1v) is 6.98. The highest BCUT2D eigenvalue weighted by Crippen LogP contribution is 2.21. The van der Waals surface area contributed by atoms with Crippen LogP contribution < -0.4 is 0 Å². The van der Waals surface area contributed by atoms with Crippen molar-refractivity contribution in [3.63, 3.8) is 0 Å². The SMILES string of the molecule is CCC(C)CC(CBr)Cc1ccccc1. The van der Waals surface area contributed by atoms with Crippen LogP contribution in [-0.4, -0.2) is 5.33 Å². The van der Waals surface area contributed by atoms with Crippen LogP contribution in [-0.2, 0) is 6.42 Å². The van der Waals surface area contributed by atoms with Crippen LogP contribution >= 0.6 is 15.9 Å². The van der Waals surface area contributed by atoms with E-state index in [1.54, 1.807) is 0 Å². The van der Waals surface area contributed by atoms with E-state index in [1.807, 2.05) is 0 Å². The number of alkyl halides is 1. The Balaban J connectivity index is 2.47. The third-order valence-corrected chi connectivity index (χ3v) is 3.93. The van der Waals surface area contributed by atoms with Crippen LogP contribution in [0.4, 0.5) is 0 Å². The molecule has 0 heterocycles. The summed E-state index contributed by atoms with van der Waals surface area (Å²) in [7, 11) is 0. The number of hydrogen-bond donors (Lipinski definition) is 0. The lowest BCUT2D eigenvalue weighted by atomic mass is 9.90. The first-order chi connectivity index (χ1) is 7.26. The molecule has 0 N–H and O–H groups in total. The van der Waals surface area contributed by atoms with Crippen LogP contribution in [0.5, 0.6) is 0 Å². The first-order valence-electron chi connectivity index (χ1n) is 5.86. The van der Waals surface area contributed by atoms with E-state index < -0.39 is 0 Å². The number of benzene rings is 1. The summed E-state index contributed by atoms with van der Waals surface area (Å²) in [5.41, 5.74) is 1.46. The molecule has 0 radical (unpaired) electrons. The zero-order chi connectivity index (χ0) is 11.1. The van der Waals surface area contributed by atoms with Crippen LogP contribution in [0.2, 0.25) is 0 Å². The molecule has 0 amide bonds. The molecule has 0 aliphatic rings. The Bertz CT molecular complexity index is 255.